The van der Waals surface area contributed by atoms with Crippen molar-refractivity contribution in [1.82, 2.24) is 20.1 Å². The monoisotopic (exact) mass is 673 g/mol. The molecule has 248 valence electrons. The third-order valence-electron chi connectivity index (χ3n) is 5.37. The van der Waals surface area contributed by atoms with Crippen molar-refractivity contribution >= 4 is 34.4 Å². The van der Waals surface area contributed by atoms with Gasteiger partial charge in [-0.05, 0) is 30.5 Å². The number of pyridine rings is 1. The van der Waals surface area contributed by atoms with Crippen LogP contribution in [0.15, 0.2) is 30.0 Å². The summed E-state index contributed by atoms with van der Waals surface area (Å²) in [6, 6.07) is 4.19. The Kier molecular flexibility index (Phi) is 14.2. The van der Waals surface area contributed by atoms with E-state index in [-0.39, 0.29) is 5.60 Å². The van der Waals surface area contributed by atoms with E-state index in [2.05, 4.69) is 37.1 Å². The fourth-order valence-corrected chi connectivity index (χ4v) is 4.21. The predicted molar refractivity (Wildman–Crippen MR) is 131 cm³/mol. The standard InChI is InChI=1S/C16H21N5OS.3C2HF3O2/c1-4-16(12-21(7-1)15-19-18-13-23-15)11-20(8-9-22-16)10-14-2-5-17-6-3-14;3*3-2(4,5)1(6)7/h2-3,5-6,13H,1,4,7-12H2;3*(H,6,7). The molecule has 1 unspecified atom stereocenters. The Hall–Kier alpha value is -3.79. The number of morpholine rings is 1. The molecule has 4 rings (SSSR count). The molecule has 2 aromatic heterocycles. The molecule has 0 amide bonds. The molecule has 2 aliphatic rings. The number of alkyl halides is 9. The number of piperidine rings is 1. The summed E-state index contributed by atoms with van der Waals surface area (Å²) >= 11 is 1.61. The van der Waals surface area contributed by atoms with Crippen LogP contribution in [0.2, 0.25) is 0 Å². The smallest absolute Gasteiger partial charge is 0.475 e. The third kappa shape index (κ3) is 14.1. The number of carboxylic acids is 3. The first-order valence-corrected chi connectivity index (χ1v) is 12.7. The van der Waals surface area contributed by atoms with E-state index in [0.717, 1.165) is 57.3 Å². The van der Waals surface area contributed by atoms with E-state index in [1.54, 1.807) is 16.8 Å². The maximum atomic E-state index is 10.6. The number of carbonyl (C=O) groups is 3. The van der Waals surface area contributed by atoms with Crippen LogP contribution in [0.5, 0.6) is 0 Å². The van der Waals surface area contributed by atoms with Gasteiger partial charge in [0.2, 0.25) is 5.13 Å². The molecule has 1 atom stereocenters. The Morgan fingerprint density at radius 3 is 1.80 bits per heavy atom. The van der Waals surface area contributed by atoms with Gasteiger partial charge in [0.05, 0.1) is 18.8 Å². The molecule has 0 saturated carbocycles. The lowest BCUT2D eigenvalue weighted by Gasteiger charge is -2.48. The summed E-state index contributed by atoms with van der Waals surface area (Å²) in [5.41, 5.74) is 3.04. The third-order valence-corrected chi connectivity index (χ3v) is 6.12. The molecule has 3 N–H and O–H groups in total. The number of hydrogen-bond donors (Lipinski definition) is 3. The largest absolute Gasteiger partial charge is 0.490 e. The fourth-order valence-electron chi connectivity index (χ4n) is 3.62. The zero-order valence-corrected chi connectivity index (χ0v) is 22.9. The number of nitrogens with zero attached hydrogens (tertiary/aromatic N) is 5. The maximum Gasteiger partial charge on any atom is 0.490 e. The minimum atomic E-state index is -5.08. The number of halogens is 9. The number of aromatic nitrogens is 3. The zero-order valence-electron chi connectivity index (χ0n) is 22.1. The van der Waals surface area contributed by atoms with Crippen LogP contribution in [0.4, 0.5) is 44.6 Å². The molecule has 2 aliphatic heterocycles. The maximum absolute atomic E-state index is 10.6. The number of anilines is 1. The summed E-state index contributed by atoms with van der Waals surface area (Å²) in [5.74, 6) is -8.27. The Balaban J connectivity index is 0.000000379. The second-order valence-corrected chi connectivity index (χ2v) is 9.56. The van der Waals surface area contributed by atoms with E-state index >= 15 is 0 Å². The minimum Gasteiger partial charge on any atom is -0.475 e. The van der Waals surface area contributed by atoms with E-state index in [9.17, 15) is 39.5 Å². The van der Waals surface area contributed by atoms with Crippen LogP contribution < -0.4 is 4.90 Å². The number of aliphatic carboxylic acids is 3. The summed E-state index contributed by atoms with van der Waals surface area (Å²) in [5, 5.41) is 30.6. The van der Waals surface area contributed by atoms with Gasteiger partial charge in [0.15, 0.2) is 0 Å². The van der Waals surface area contributed by atoms with Gasteiger partial charge in [-0.2, -0.15) is 39.5 Å². The van der Waals surface area contributed by atoms with Crippen molar-refractivity contribution in [3.05, 3.63) is 35.6 Å². The minimum absolute atomic E-state index is 0.0742. The van der Waals surface area contributed by atoms with Crippen LogP contribution in [-0.2, 0) is 25.7 Å². The second-order valence-electron chi connectivity index (χ2n) is 8.75. The lowest BCUT2D eigenvalue weighted by Crippen LogP contribution is -2.59. The van der Waals surface area contributed by atoms with E-state index in [1.807, 2.05) is 12.4 Å². The Morgan fingerprint density at radius 2 is 1.36 bits per heavy atom. The van der Waals surface area contributed by atoms with Crippen LogP contribution in [-0.4, -0.2) is 110 Å². The van der Waals surface area contributed by atoms with Gasteiger partial charge in [0, 0.05) is 38.6 Å². The highest BCUT2D eigenvalue weighted by molar-refractivity contribution is 7.13. The predicted octanol–water partition coefficient (Wildman–Crippen LogP) is 3.70. The topological polar surface area (TPSA) is 166 Å². The van der Waals surface area contributed by atoms with Gasteiger partial charge in [-0.1, -0.05) is 11.3 Å². The average molecular weight is 674 g/mol. The molecule has 2 saturated heterocycles. The molecule has 12 nitrogen and oxygen atoms in total. The lowest BCUT2D eigenvalue weighted by molar-refractivity contribution is -0.193. The molecule has 0 bridgehead atoms. The van der Waals surface area contributed by atoms with Crippen LogP contribution in [0.25, 0.3) is 0 Å². The summed E-state index contributed by atoms with van der Waals surface area (Å²) in [6.45, 7) is 5.69. The van der Waals surface area contributed by atoms with E-state index in [0.29, 0.717) is 0 Å². The van der Waals surface area contributed by atoms with Gasteiger partial charge < -0.3 is 25.0 Å². The first kappa shape index (κ1) is 38.2. The van der Waals surface area contributed by atoms with E-state index in [1.165, 1.54) is 5.56 Å². The van der Waals surface area contributed by atoms with Gasteiger partial charge in [-0.25, -0.2) is 14.4 Å². The first-order chi connectivity index (χ1) is 20.2. The Morgan fingerprint density at radius 1 is 0.864 bits per heavy atom. The van der Waals surface area contributed by atoms with Crippen LogP contribution >= 0.6 is 11.3 Å². The van der Waals surface area contributed by atoms with Crippen molar-refractivity contribution < 1.29 is 74.0 Å². The summed E-state index contributed by atoms with van der Waals surface area (Å²) in [7, 11) is 0. The van der Waals surface area contributed by atoms with Gasteiger partial charge in [0.25, 0.3) is 0 Å². The summed E-state index contributed by atoms with van der Waals surface area (Å²) in [4.78, 5) is 35.6. The van der Waals surface area contributed by atoms with Crippen molar-refractivity contribution in [3.63, 3.8) is 0 Å². The van der Waals surface area contributed by atoms with Crippen molar-refractivity contribution in [2.45, 2.75) is 43.5 Å². The van der Waals surface area contributed by atoms with Gasteiger partial charge in [0.1, 0.15) is 5.51 Å². The Labute approximate surface area is 245 Å². The molecule has 1 spiro atoms. The normalized spacial score (nSPS) is 18.9. The van der Waals surface area contributed by atoms with Crippen LogP contribution in [0, 0.1) is 0 Å². The SMILES string of the molecule is O=C(O)C(F)(F)F.O=C(O)C(F)(F)F.O=C(O)C(F)(F)F.c1cc(CN2CCOC3(CCCN(c4nncs4)C3)C2)ccn1. The fraction of sp³-hybridized carbons (Fsp3) is 0.545. The second kappa shape index (κ2) is 16.3. The number of hydrogen-bond acceptors (Lipinski definition) is 10. The van der Waals surface area contributed by atoms with Gasteiger partial charge in [-0.3, -0.25) is 9.88 Å². The van der Waals surface area contributed by atoms with Crippen molar-refractivity contribution in [1.29, 1.82) is 0 Å². The highest BCUT2D eigenvalue weighted by atomic mass is 32.1. The van der Waals surface area contributed by atoms with Crippen molar-refractivity contribution in [2.24, 2.45) is 0 Å². The molecule has 22 heteroatoms. The zero-order chi connectivity index (χ0) is 33.8. The van der Waals surface area contributed by atoms with Crippen molar-refractivity contribution in [3.8, 4) is 0 Å². The van der Waals surface area contributed by atoms with Gasteiger partial charge >= 0.3 is 36.4 Å². The molecule has 0 aromatic carbocycles. The molecular weight excluding hydrogens is 649 g/mol. The highest BCUT2D eigenvalue weighted by Gasteiger charge is 2.42. The number of ether oxygens (including phenoxy) is 1. The number of carboxylic acid groups (broad SMARTS) is 3. The van der Waals surface area contributed by atoms with Gasteiger partial charge in [-0.15, -0.1) is 10.2 Å². The summed E-state index contributed by atoms with van der Waals surface area (Å²) < 4.78 is 101. The number of rotatable bonds is 3. The molecule has 4 heterocycles. The summed E-state index contributed by atoms with van der Waals surface area (Å²) in [6.07, 6.45) is -9.26. The van der Waals surface area contributed by atoms with Crippen molar-refractivity contribution in [2.75, 3.05) is 37.7 Å². The lowest BCUT2D eigenvalue weighted by atomic mass is 9.91. The van der Waals surface area contributed by atoms with E-state index in [4.69, 9.17) is 34.4 Å². The first-order valence-electron chi connectivity index (χ1n) is 11.8. The van der Waals surface area contributed by atoms with Crippen LogP contribution in [0.1, 0.15) is 18.4 Å². The highest BCUT2D eigenvalue weighted by Crippen LogP contribution is 2.32. The molecular formula is C22H24F9N5O7S. The molecule has 0 aliphatic carbocycles. The van der Waals surface area contributed by atoms with E-state index < -0.39 is 36.4 Å². The quantitative estimate of drug-likeness (QED) is 0.405. The van der Waals surface area contributed by atoms with Crippen LogP contribution in [0.3, 0.4) is 0 Å². The molecule has 0 radical (unpaired) electrons. The average Bonchev–Trinajstić information content (AvgIpc) is 3.44. The Bertz CT molecular complexity index is 1120. The molecule has 44 heavy (non-hydrogen) atoms. The molecule has 2 aromatic rings. The molecule has 2 fully saturated rings.